The third kappa shape index (κ3) is 2.92. The third-order valence-electron chi connectivity index (χ3n) is 2.54. The van der Waals surface area contributed by atoms with E-state index in [1.165, 1.54) is 6.07 Å². The first-order valence-corrected chi connectivity index (χ1v) is 5.83. The Morgan fingerprint density at radius 1 is 1.53 bits per heavy atom. The monoisotopic (exact) mass is 273 g/mol. The van der Waals surface area contributed by atoms with Crippen LogP contribution in [0.3, 0.4) is 0 Å². The van der Waals surface area contributed by atoms with Crippen molar-refractivity contribution < 1.29 is 9.13 Å². The van der Waals surface area contributed by atoms with Crippen LogP contribution in [0.15, 0.2) is 22.7 Å². The van der Waals surface area contributed by atoms with Gasteiger partial charge in [0.05, 0.1) is 11.1 Å². The van der Waals surface area contributed by atoms with Gasteiger partial charge in [-0.3, -0.25) is 0 Å². The molecule has 4 heteroatoms. The lowest BCUT2D eigenvalue weighted by Gasteiger charge is -2.10. The van der Waals surface area contributed by atoms with Crippen molar-refractivity contribution in [1.29, 1.82) is 0 Å². The lowest BCUT2D eigenvalue weighted by atomic mass is 10.1. The predicted octanol–water partition coefficient (Wildman–Crippen LogP) is 2.58. The number of nitrogens with one attached hydrogen (secondary N) is 1. The SMILES string of the molecule is Fc1cc(OCC2CCNC2)ccc1Br. The van der Waals surface area contributed by atoms with Crippen LogP contribution in [0, 0.1) is 11.7 Å². The topological polar surface area (TPSA) is 21.3 Å². The van der Waals surface area contributed by atoms with Crippen LogP contribution >= 0.6 is 15.9 Å². The molecular weight excluding hydrogens is 261 g/mol. The van der Waals surface area contributed by atoms with Crippen molar-refractivity contribution in [2.75, 3.05) is 19.7 Å². The molecule has 0 aromatic heterocycles. The Kier molecular flexibility index (Phi) is 3.59. The highest BCUT2D eigenvalue weighted by Gasteiger charge is 2.15. The molecule has 1 aliphatic rings. The molecule has 0 radical (unpaired) electrons. The summed E-state index contributed by atoms with van der Waals surface area (Å²) in [6.45, 7) is 2.72. The number of rotatable bonds is 3. The fraction of sp³-hybridized carbons (Fsp3) is 0.455. The molecule has 0 bridgehead atoms. The van der Waals surface area contributed by atoms with Gasteiger partial charge in [-0.2, -0.15) is 0 Å². The van der Waals surface area contributed by atoms with Gasteiger partial charge < -0.3 is 10.1 Å². The van der Waals surface area contributed by atoms with Gasteiger partial charge in [-0.05, 0) is 41.0 Å². The highest BCUT2D eigenvalue weighted by atomic mass is 79.9. The van der Waals surface area contributed by atoms with E-state index in [2.05, 4.69) is 21.2 Å². The Balaban J connectivity index is 1.90. The number of halogens is 2. The number of benzene rings is 1. The summed E-state index contributed by atoms with van der Waals surface area (Å²) in [5, 5.41) is 3.27. The van der Waals surface area contributed by atoms with Gasteiger partial charge in [0.1, 0.15) is 11.6 Å². The second-order valence-electron chi connectivity index (χ2n) is 3.75. The van der Waals surface area contributed by atoms with Gasteiger partial charge in [-0.1, -0.05) is 0 Å². The lowest BCUT2D eigenvalue weighted by Crippen LogP contribution is -2.15. The molecule has 1 atom stereocenters. The molecule has 2 rings (SSSR count). The largest absolute Gasteiger partial charge is 0.493 e. The summed E-state index contributed by atoms with van der Waals surface area (Å²) in [6.07, 6.45) is 1.14. The summed E-state index contributed by atoms with van der Waals surface area (Å²) in [7, 11) is 0. The van der Waals surface area contributed by atoms with Crippen LogP contribution < -0.4 is 10.1 Å². The van der Waals surface area contributed by atoms with Gasteiger partial charge in [0.25, 0.3) is 0 Å². The second kappa shape index (κ2) is 4.94. The molecule has 1 aliphatic heterocycles. The van der Waals surface area contributed by atoms with E-state index in [4.69, 9.17) is 4.74 Å². The van der Waals surface area contributed by atoms with Gasteiger partial charge in [-0.15, -0.1) is 0 Å². The summed E-state index contributed by atoms with van der Waals surface area (Å²) in [4.78, 5) is 0. The Bertz CT molecular complexity index is 339. The molecule has 82 valence electrons. The standard InChI is InChI=1S/C11H13BrFNO/c12-10-2-1-9(5-11(10)13)15-7-8-3-4-14-6-8/h1-2,5,8,14H,3-4,6-7H2. The minimum atomic E-state index is -0.281. The first kappa shape index (κ1) is 10.9. The van der Waals surface area contributed by atoms with Crippen LogP contribution in [-0.4, -0.2) is 19.7 Å². The normalized spacial score (nSPS) is 20.5. The summed E-state index contributed by atoms with van der Waals surface area (Å²) < 4.78 is 19.1. The summed E-state index contributed by atoms with van der Waals surface area (Å²) in [5.74, 6) is 0.872. The zero-order chi connectivity index (χ0) is 10.7. The molecule has 15 heavy (non-hydrogen) atoms. The maximum absolute atomic E-state index is 13.1. The van der Waals surface area contributed by atoms with Crippen LogP contribution in [0.5, 0.6) is 5.75 Å². The van der Waals surface area contributed by atoms with Gasteiger partial charge in [-0.25, -0.2) is 4.39 Å². The molecule has 1 aromatic carbocycles. The summed E-state index contributed by atoms with van der Waals surface area (Å²) >= 11 is 3.11. The van der Waals surface area contributed by atoms with E-state index in [-0.39, 0.29) is 5.82 Å². The molecule has 1 fully saturated rings. The molecule has 1 unspecified atom stereocenters. The fourth-order valence-electron chi connectivity index (χ4n) is 1.64. The van der Waals surface area contributed by atoms with Crippen molar-refractivity contribution in [3.8, 4) is 5.75 Å². The zero-order valence-electron chi connectivity index (χ0n) is 8.30. The average Bonchev–Trinajstić information content (AvgIpc) is 2.73. The smallest absolute Gasteiger partial charge is 0.141 e. The van der Waals surface area contributed by atoms with Gasteiger partial charge >= 0.3 is 0 Å². The van der Waals surface area contributed by atoms with E-state index in [1.807, 2.05) is 0 Å². The summed E-state index contributed by atoms with van der Waals surface area (Å²) in [5.41, 5.74) is 0. The number of ether oxygens (including phenoxy) is 1. The minimum Gasteiger partial charge on any atom is -0.493 e. The van der Waals surface area contributed by atoms with E-state index >= 15 is 0 Å². The Labute approximate surface area is 96.9 Å². The van der Waals surface area contributed by atoms with E-state index in [0.717, 1.165) is 19.5 Å². The molecule has 2 nitrogen and oxygen atoms in total. The Morgan fingerprint density at radius 3 is 3.07 bits per heavy atom. The van der Waals surface area contributed by atoms with E-state index in [0.29, 0.717) is 22.7 Å². The van der Waals surface area contributed by atoms with Crippen molar-refractivity contribution in [2.24, 2.45) is 5.92 Å². The van der Waals surface area contributed by atoms with E-state index in [1.54, 1.807) is 12.1 Å². The van der Waals surface area contributed by atoms with Crippen molar-refractivity contribution >= 4 is 15.9 Å². The molecule has 1 heterocycles. The molecule has 0 saturated carbocycles. The Morgan fingerprint density at radius 2 is 2.40 bits per heavy atom. The first-order chi connectivity index (χ1) is 7.25. The van der Waals surface area contributed by atoms with Crippen LogP contribution in [0.2, 0.25) is 0 Å². The van der Waals surface area contributed by atoms with Crippen molar-refractivity contribution in [3.05, 3.63) is 28.5 Å². The van der Waals surface area contributed by atoms with Crippen molar-refractivity contribution in [2.45, 2.75) is 6.42 Å². The average molecular weight is 274 g/mol. The van der Waals surface area contributed by atoms with Crippen LogP contribution in [0.1, 0.15) is 6.42 Å². The summed E-state index contributed by atoms with van der Waals surface area (Å²) in [6, 6.07) is 4.85. The zero-order valence-corrected chi connectivity index (χ0v) is 9.89. The number of hydrogen-bond donors (Lipinski definition) is 1. The van der Waals surface area contributed by atoms with Crippen molar-refractivity contribution in [3.63, 3.8) is 0 Å². The quantitative estimate of drug-likeness (QED) is 0.914. The third-order valence-corrected chi connectivity index (χ3v) is 3.18. The first-order valence-electron chi connectivity index (χ1n) is 5.04. The van der Waals surface area contributed by atoms with E-state index in [9.17, 15) is 4.39 Å². The lowest BCUT2D eigenvalue weighted by molar-refractivity contribution is 0.259. The predicted molar refractivity (Wildman–Crippen MR) is 60.6 cm³/mol. The van der Waals surface area contributed by atoms with Gasteiger partial charge in [0, 0.05) is 18.5 Å². The maximum atomic E-state index is 13.1. The molecule has 0 spiro atoms. The molecule has 0 aliphatic carbocycles. The van der Waals surface area contributed by atoms with E-state index < -0.39 is 0 Å². The molecule has 1 N–H and O–H groups in total. The maximum Gasteiger partial charge on any atom is 0.141 e. The van der Waals surface area contributed by atoms with Crippen LogP contribution in [0.4, 0.5) is 4.39 Å². The molecule has 0 amide bonds. The van der Waals surface area contributed by atoms with Gasteiger partial charge in [0.2, 0.25) is 0 Å². The minimum absolute atomic E-state index is 0.281. The second-order valence-corrected chi connectivity index (χ2v) is 4.60. The highest BCUT2D eigenvalue weighted by Crippen LogP contribution is 2.21. The molecule has 1 saturated heterocycles. The Hall–Kier alpha value is -0.610. The molecule has 1 aromatic rings. The van der Waals surface area contributed by atoms with Crippen LogP contribution in [-0.2, 0) is 0 Å². The fourth-order valence-corrected chi connectivity index (χ4v) is 1.88. The van der Waals surface area contributed by atoms with Gasteiger partial charge in [0.15, 0.2) is 0 Å². The van der Waals surface area contributed by atoms with Crippen LogP contribution in [0.25, 0.3) is 0 Å². The molecular formula is C11H13BrFNO. The highest BCUT2D eigenvalue weighted by molar-refractivity contribution is 9.10. The van der Waals surface area contributed by atoms with Crippen molar-refractivity contribution in [1.82, 2.24) is 5.32 Å². The number of hydrogen-bond acceptors (Lipinski definition) is 2.